The van der Waals surface area contributed by atoms with Crippen molar-refractivity contribution < 1.29 is 18.7 Å². The number of carbonyl (C=O) groups is 1. The highest BCUT2D eigenvalue weighted by molar-refractivity contribution is 5.98. The van der Waals surface area contributed by atoms with Gasteiger partial charge in [-0.25, -0.2) is 8.78 Å². The van der Waals surface area contributed by atoms with Crippen molar-refractivity contribution in [3.63, 3.8) is 0 Å². The highest BCUT2D eigenvalue weighted by Gasteiger charge is 2.17. The lowest BCUT2D eigenvalue weighted by Gasteiger charge is -2.18. The molecule has 0 bridgehead atoms. The lowest BCUT2D eigenvalue weighted by atomic mass is 10.0. The molecule has 6 heteroatoms. The molecular weight excluding hydrogens is 326 g/mol. The minimum atomic E-state index is -0.812. The van der Waals surface area contributed by atoms with E-state index in [1.165, 1.54) is 36.4 Å². The van der Waals surface area contributed by atoms with E-state index in [1.54, 1.807) is 19.1 Å². The zero-order chi connectivity index (χ0) is 18.0. The number of halogens is 2. The Bertz CT molecular complexity index is 890. The van der Waals surface area contributed by atoms with Gasteiger partial charge in [-0.05, 0) is 55.3 Å². The van der Waals surface area contributed by atoms with Crippen LogP contribution in [-0.2, 0) is 0 Å². The Morgan fingerprint density at radius 3 is 2.52 bits per heavy atom. The van der Waals surface area contributed by atoms with E-state index < -0.39 is 6.10 Å². The van der Waals surface area contributed by atoms with Gasteiger partial charge in [0.25, 0.3) is 5.91 Å². The highest BCUT2D eigenvalue weighted by atomic mass is 19.1. The van der Waals surface area contributed by atoms with Gasteiger partial charge in [0, 0.05) is 16.9 Å². The van der Waals surface area contributed by atoms with Gasteiger partial charge in [0.05, 0.1) is 6.10 Å². The summed E-state index contributed by atoms with van der Waals surface area (Å²) in [5.41, 5.74) is 1.58. The number of aromatic amines is 1. The summed E-state index contributed by atoms with van der Waals surface area (Å²) in [5.74, 6) is -1.07. The SMILES string of the molecule is CC(CC(O)c1ccc(F)cc1)NC(=O)c1cc2cc(F)ccc2[nH]1. The maximum absolute atomic E-state index is 13.2. The predicted octanol–water partition coefficient (Wildman–Crippen LogP) is 3.69. The molecule has 0 saturated carbocycles. The third kappa shape index (κ3) is 4.03. The van der Waals surface area contributed by atoms with E-state index >= 15 is 0 Å². The molecule has 0 radical (unpaired) electrons. The molecule has 0 spiro atoms. The number of carbonyl (C=O) groups excluding carboxylic acids is 1. The fraction of sp³-hybridized carbons (Fsp3) is 0.211. The largest absolute Gasteiger partial charge is 0.388 e. The first-order valence-electron chi connectivity index (χ1n) is 7.95. The lowest BCUT2D eigenvalue weighted by Crippen LogP contribution is -2.34. The zero-order valence-electron chi connectivity index (χ0n) is 13.6. The quantitative estimate of drug-likeness (QED) is 0.661. The summed E-state index contributed by atoms with van der Waals surface area (Å²) in [6.45, 7) is 1.77. The van der Waals surface area contributed by atoms with Crippen molar-refractivity contribution in [3.8, 4) is 0 Å². The first-order valence-corrected chi connectivity index (χ1v) is 7.95. The number of hydrogen-bond acceptors (Lipinski definition) is 2. The molecule has 2 aromatic carbocycles. The van der Waals surface area contributed by atoms with Crippen LogP contribution in [-0.4, -0.2) is 22.0 Å². The summed E-state index contributed by atoms with van der Waals surface area (Å²) >= 11 is 0. The fourth-order valence-corrected chi connectivity index (χ4v) is 2.74. The van der Waals surface area contributed by atoms with Crippen LogP contribution in [0.2, 0.25) is 0 Å². The molecule has 0 fully saturated rings. The number of hydrogen-bond donors (Lipinski definition) is 3. The molecule has 0 aliphatic heterocycles. The number of rotatable bonds is 5. The molecule has 3 aromatic rings. The Balaban J connectivity index is 1.63. The summed E-state index contributed by atoms with van der Waals surface area (Å²) in [6.07, 6.45) is -0.528. The number of H-pyrrole nitrogens is 1. The van der Waals surface area contributed by atoms with Gasteiger partial charge in [-0.1, -0.05) is 12.1 Å². The molecule has 0 aliphatic rings. The number of aliphatic hydroxyl groups is 1. The van der Waals surface area contributed by atoms with Gasteiger partial charge in [0.1, 0.15) is 17.3 Å². The third-order valence-corrected chi connectivity index (χ3v) is 4.04. The maximum Gasteiger partial charge on any atom is 0.267 e. The number of aliphatic hydroxyl groups excluding tert-OH is 1. The molecule has 130 valence electrons. The van der Waals surface area contributed by atoms with Gasteiger partial charge in [-0.2, -0.15) is 0 Å². The monoisotopic (exact) mass is 344 g/mol. The van der Waals surface area contributed by atoms with Crippen LogP contribution in [0, 0.1) is 11.6 Å². The van der Waals surface area contributed by atoms with E-state index in [0.717, 1.165) is 0 Å². The summed E-state index contributed by atoms with van der Waals surface area (Å²) in [4.78, 5) is 15.2. The van der Waals surface area contributed by atoms with E-state index in [2.05, 4.69) is 10.3 Å². The van der Waals surface area contributed by atoms with Crippen LogP contribution < -0.4 is 5.32 Å². The standard InChI is InChI=1S/C19H18F2N2O2/c1-11(8-18(24)12-2-4-14(20)5-3-12)22-19(25)17-10-13-9-15(21)6-7-16(13)23-17/h2-7,9-11,18,23-24H,8H2,1H3,(H,22,25). The van der Waals surface area contributed by atoms with Crippen molar-refractivity contribution in [2.75, 3.05) is 0 Å². The average Bonchev–Trinajstić information content (AvgIpc) is 2.98. The molecule has 0 aliphatic carbocycles. The van der Waals surface area contributed by atoms with Crippen LogP contribution in [0.3, 0.4) is 0 Å². The lowest BCUT2D eigenvalue weighted by molar-refractivity contribution is 0.0913. The number of fused-ring (bicyclic) bond motifs is 1. The second kappa shape index (κ2) is 7.03. The van der Waals surface area contributed by atoms with E-state index in [-0.39, 0.29) is 30.0 Å². The number of amides is 1. The topological polar surface area (TPSA) is 65.1 Å². The average molecular weight is 344 g/mol. The Labute approximate surface area is 143 Å². The summed E-state index contributed by atoms with van der Waals surface area (Å²) in [5, 5.41) is 13.6. The van der Waals surface area contributed by atoms with Crippen LogP contribution in [0.1, 0.15) is 35.5 Å². The Morgan fingerprint density at radius 1 is 1.12 bits per heavy atom. The Kier molecular flexibility index (Phi) is 4.81. The second-order valence-corrected chi connectivity index (χ2v) is 6.09. The number of aromatic nitrogens is 1. The molecule has 25 heavy (non-hydrogen) atoms. The van der Waals surface area contributed by atoms with Gasteiger partial charge in [0.2, 0.25) is 0 Å². The molecule has 2 atom stereocenters. The number of benzene rings is 2. The number of nitrogens with one attached hydrogen (secondary N) is 2. The minimum absolute atomic E-state index is 0.284. The minimum Gasteiger partial charge on any atom is -0.388 e. The normalized spacial score (nSPS) is 13.6. The molecular formula is C19H18F2N2O2. The van der Waals surface area contributed by atoms with E-state index in [0.29, 0.717) is 22.2 Å². The Morgan fingerprint density at radius 2 is 1.80 bits per heavy atom. The van der Waals surface area contributed by atoms with E-state index in [9.17, 15) is 18.7 Å². The van der Waals surface area contributed by atoms with Gasteiger partial charge in [0.15, 0.2) is 0 Å². The van der Waals surface area contributed by atoms with Crippen molar-refractivity contribution in [2.24, 2.45) is 0 Å². The van der Waals surface area contributed by atoms with Crippen LogP contribution >= 0.6 is 0 Å². The van der Waals surface area contributed by atoms with Gasteiger partial charge < -0.3 is 15.4 Å². The van der Waals surface area contributed by atoms with Crippen molar-refractivity contribution in [1.29, 1.82) is 0 Å². The molecule has 4 nitrogen and oxygen atoms in total. The fourth-order valence-electron chi connectivity index (χ4n) is 2.74. The highest BCUT2D eigenvalue weighted by Crippen LogP contribution is 2.20. The van der Waals surface area contributed by atoms with Crippen molar-refractivity contribution >= 4 is 16.8 Å². The predicted molar refractivity (Wildman–Crippen MR) is 91.2 cm³/mol. The van der Waals surface area contributed by atoms with Crippen LogP contribution in [0.25, 0.3) is 10.9 Å². The molecule has 1 aromatic heterocycles. The zero-order valence-corrected chi connectivity index (χ0v) is 13.6. The first-order chi connectivity index (χ1) is 11.9. The molecule has 3 N–H and O–H groups in total. The molecule has 2 unspecified atom stereocenters. The molecule has 1 amide bonds. The van der Waals surface area contributed by atoms with Crippen molar-refractivity contribution in [1.82, 2.24) is 10.3 Å². The van der Waals surface area contributed by atoms with E-state index in [1.807, 2.05) is 0 Å². The summed E-state index contributed by atoms with van der Waals surface area (Å²) < 4.78 is 26.1. The van der Waals surface area contributed by atoms with Crippen molar-refractivity contribution in [3.05, 3.63) is 71.4 Å². The molecule has 1 heterocycles. The molecule has 0 saturated heterocycles. The van der Waals surface area contributed by atoms with Gasteiger partial charge >= 0.3 is 0 Å². The van der Waals surface area contributed by atoms with Gasteiger partial charge in [-0.3, -0.25) is 4.79 Å². The maximum atomic E-state index is 13.2. The van der Waals surface area contributed by atoms with Crippen molar-refractivity contribution in [2.45, 2.75) is 25.5 Å². The van der Waals surface area contributed by atoms with E-state index in [4.69, 9.17) is 0 Å². The third-order valence-electron chi connectivity index (χ3n) is 4.04. The first kappa shape index (κ1) is 17.1. The summed E-state index contributed by atoms with van der Waals surface area (Å²) in [7, 11) is 0. The van der Waals surface area contributed by atoms with Crippen LogP contribution in [0.4, 0.5) is 8.78 Å². The van der Waals surface area contributed by atoms with Crippen LogP contribution in [0.5, 0.6) is 0 Å². The Hall–Kier alpha value is -2.73. The summed E-state index contributed by atoms with van der Waals surface area (Å²) in [6, 6.07) is 11.1. The van der Waals surface area contributed by atoms with Gasteiger partial charge in [-0.15, -0.1) is 0 Å². The van der Waals surface area contributed by atoms with Crippen LogP contribution in [0.15, 0.2) is 48.5 Å². The molecule has 3 rings (SSSR count). The second-order valence-electron chi connectivity index (χ2n) is 6.09. The smallest absolute Gasteiger partial charge is 0.267 e.